The molecule has 0 fully saturated rings. The Morgan fingerprint density at radius 1 is 1.10 bits per heavy atom. The van der Waals surface area contributed by atoms with Gasteiger partial charge in [0.05, 0.1) is 11.7 Å². The fourth-order valence-corrected chi connectivity index (χ4v) is 3.88. The van der Waals surface area contributed by atoms with Gasteiger partial charge in [-0.1, -0.05) is 74.9 Å². The van der Waals surface area contributed by atoms with Gasteiger partial charge in [0.1, 0.15) is 0 Å². The number of aromatic amines is 1. The molecule has 3 aromatic rings. The molecule has 3 N–H and O–H groups in total. The van der Waals surface area contributed by atoms with Crippen molar-refractivity contribution in [2.45, 2.75) is 39.3 Å². The summed E-state index contributed by atoms with van der Waals surface area (Å²) < 4.78 is 0. The van der Waals surface area contributed by atoms with Crippen LogP contribution in [0.15, 0.2) is 54.6 Å². The van der Waals surface area contributed by atoms with Gasteiger partial charge in [0, 0.05) is 36.3 Å². The van der Waals surface area contributed by atoms with E-state index in [9.17, 15) is 4.79 Å². The summed E-state index contributed by atoms with van der Waals surface area (Å²) in [4.78, 5) is 14.7. The number of benzene rings is 2. The Morgan fingerprint density at radius 3 is 2.45 bits per heavy atom. The van der Waals surface area contributed by atoms with Crippen LogP contribution in [0.25, 0.3) is 22.4 Å². The van der Waals surface area contributed by atoms with Crippen LogP contribution < -0.4 is 5.73 Å². The average molecular weight is 389 g/mol. The molecule has 1 aliphatic rings. The van der Waals surface area contributed by atoms with Crippen molar-refractivity contribution >= 4 is 5.91 Å². The van der Waals surface area contributed by atoms with Crippen molar-refractivity contribution < 1.29 is 4.79 Å². The molecule has 150 valence electrons. The van der Waals surface area contributed by atoms with Gasteiger partial charge in [0.25, 0.3) is 0 Å². The number of H-pyrrole nitrogens is 1. The molecule has 0 bridgehead atoms. The van der Waals surface area contributed by atoms with E-state index in [0.29, 0.717) is 13.1 Å². The number of hydrogen-bond acceptors (Lipinski definition) is 3. The minimum Gasteiger partial charge on any atom is -0.336 e. The third-order valence-electron chi connectivity index (χ3n) is 6.05. The summed E-state index contributed by atoms with van der Waals surface area (Å²) in [7, 11) is 0. The predicted octanol–water partition coefficient (Wildman–Crippen LogP) is 4.00. The van der Waals surface area contributed by atoms with Gasteiger partial charge in [-0.05, 0) is 17.0 Å². The van der Waals surface area contributed by atoms with Crippen LogP contribution in [0.5, 0.6) is 0 Å². The van der Waals surface area contributed by atoms with Crippen molar-refractivity contribution in [2.75, 3.05) is 6.54 Å². The Hall–Kier alpha value is -2.92. The summed E-state index contributed by atoms with van der Waals surface area (Å²) in [6, 6.07) is 18.3. The van der Waals surface area contributed by atoms with E-state index < -0.39 is 6.04 Å². The molecular formula is C24H28N4O. The number of aromatic nitrogens is 2. The molecule has 0 saturated heterocycles. The predicted molar refractivity (Wildman–Crippen MR) is 116 cm³/mol. The van der Waals surface area contributed by atoms with Crippen LogP contribution in [0.1, 0.15) is 31.5 Å². The maximum absolute atomic E-state index is 12.8. The molecule has 2 aromatic carbocycles. The van der Waals surface area contributed by atoms with Gasteiger partial charge in [-0.2, -0.15) is 5.10 Å². The Morgan fingerprint density at radius 2 is 1.76 bits per heavy atom. The standard InChI is InChI=1S/C24H28N4O/c1-3-16(2)22(25)24(29)28-14-13-21-20(15-28)23(27-26-21)19-11-9-18(10-12-19)17-7-5-4-6-8-17/h4-12,16,22H,3,13-15,25H2,1-2H3,(H,26,27)/t16-,22-/m1/s1. The first-order valence-corrected chi connectivity index (χ1v) is 10.3. The van der Waals surface area contributed by atoms with E-state index in [1.54, 1.807) is 0 Å². The molecule has 0 unspecified atom stereocenters. The Kier molecular flexibility index (Phi) is 5.49. The Labute approximate surface area is 171 Å². The highest BCUT2D eigenvalue weighted by Gasteiger charge is 2.30. The normalized spacial score (nSPS) is 15.6. The number of nitrogens with two attached hydrogens (primary N) is 1. The smallest absolute Gasteiger partial charge is 0.240 e. The second-order valence-electron chi connectivity index (χ2n) is 7.89. The lowest BCUT2D eigenvalue weighted by atomic mass is 9.96. The zero-order chi connectivity index (χ0) is 20.4. The highest BCUT2D eigenvalue weighted by molar-refractivity contribution is 5.82. The number of hydrogen-bond donors (Lipinski definition) is 2. The lowest BCUT2D eigenvalue weighted by Crippen LogP contribution is -2.48. The largest absolute Gasteiger partial charge is 0.336 e. The molecule has 0 spiro atoms. The number of nitrogens with one attached hydrogen (secondary N) is 1. The molecular weight excluding hydrogens is 360 g/mol. The van der Waals surface area contributed by atoms with E-state index >= 15 is 0 Å². The second kappa shape index (κ2) is 8.21. The molecule has 4 rings (SSSR count). The molecule has 2 heterocycles. The third-order valence-corrected chi connectivity index (χ3v) is 6.05. The van der Waals surface area contributed by atoms with E-state index in [0.717, 1.165) is 35.4 Å². The molecule has 0 aliphatic carbocycles. The fraction of sp³-hybridized carbons (Fsp3) is 0.333. The van der Waals surface area contributed by atoms with Crippen LogP contribution in [0.3, 0.4) is 0 Å². The summed E-state index contributed by atoms with van der Waals surface area (Å²) in [5.74, 6) is 0.217. The molecule has 5 nitrogen and oxygen atoms in total. The van der Waals surface area contributed by atoms with Crippen LogP contribution in [0.4, 0.5) is 0 Å². The van der Waals surface area contributed by atoms with Gasteiger partial charge in [-0.3, -0.25) is 9.89 Å². The van der Waals surface area contributed by atoms with E-state index in [-0.39, 0.29) is 11.8 Å². The Balaban J connectivity index is 1.56. The van der Waals surface area contributed by atoms with Gasteiger partial charge >= 0.3 is 0 Å². The van der Waals surface area contributed by atoms with Crippen LogP contribution >= 0.6 is 0 Å². The van der Waals surface area contributed by atoms with Crippen molar-refractivity contribution in [1.29, 1.82) is 0 Å². The average Bonchev–Trinajstić information content (AvgIpc) is 3.21. The molecule has 29 heavy (non-hydrogen) atoms. The summed E-state index contributed by atoms with van der Waals surface area (Å²) in [5, 5.41) is 7.74. The highest BCUT2D eigenvalue weighted by atomic mass is 16.2. The van der Waals surface area contributed by atoms with E-state index in [1.165, 1.54) is 11.1 Å². The molecule has 0 saturated carbocycles. The van der Waals surface area contributed by atoms with Crippen molar-refractivity contribution in [3.63, 3.8) is 0 Å². The van der Waals surface area contributed by atoms with Crippen molar-refractivity contribution in [3.05, 3.63) is 65.9 Å². The molecule has 1 aromatic heterocycles. The quantitative estimate of drug-likeness (QED) is 0.694. The number of amides is 1. The van der Waals surface area contributed by atoms with Crippen molar-refractivity contribution in [3.8, 4) is 22.4 Å². The SMILES string of the molecule is CC[C@@H](C)[C@@H](N)C(=O)N1CCc2[nH]nc(-c3ccc(-c4ccccc4)cc3)c2C1. The molecule has 5 heteroatoms. The molecule has 1 aliphatic heterocycles. The van der Waals surface area contributed by atoms with E-state index in [2.05, 4.69) is 53.5 Å². The van der Waals surface area contributed by atoms with Crippen molar-refractivity contribution in [1.82, 2.24) is 15.1 Å². The Bertz CT molecular complexity index is 978. The van der Waals surface area contributed by atoms with Gasteiger partial charge in [-0.25, -0.2) is 0 Å². The molecule has 0 radical (unpaired) electrons. The second-order valence-corrected chi connectivity index (χ2v) is 7.89. The van der Waals surface area contributed by atoms with Crippen LogP contribution in [-0.2, 0) is 17.8 Å². The number of carbonyl (C=O) groups excluding carboxylic acids is 1. The zero-order valence-electron chi connectivity index (χ0n) is 17.1. The zero-order valence-corrected chi connectivity index (χ0v) is 17.1. The lowest BCUT2D eigenvalue weighted by Gasteiger charge is -2.31. The summed E-state index contributed by atoms with van der Waals surface area (Å²) in [5.41, 5.74) is 12.8. The number of rotatable bonds is 5. The monoisotopic (exact) mass is 388 g/mol. The first kappa shape index (κ1) is 19.4. The van der Waals surface area contributed by atoms with Gasteiger partial charge in [0.15, 0.2) is 0 Å². The molecule has 1 amide bonds. The third kappa shape index (κ3) is 3.83. The number of nitrogens with zero attached hydrogens (tertiary/aromatic N) is 2. The fourth-order valence-electron chi connectivity index (χ4n) is 3.88. The lowest BCUT2D eigenvalue weighted by molar-refractivity contribution is -0.134. The number of carbonyl (C=O) groups is 1. The summed E-state index contributed by atoms with van der Waals surface area (Å²) in [6.45, 7) is 5.35. The molecule has 2 atom stereocenters. The minimum absolute atomic E-state index is 0.0385. The van der Waals surface area contributed by atoms with Crippen LogP contribution in [0.2, 0.25) is 0 Å². The first-order valence-electron chi connectivity index (χ1n) is 10.3. The highest BCUT2D eigenvalue weighted by Crippen LogP contribution is 2.30. The van der Waals surface area contributed by atoms with Crippen LogP contribution in [-0.4, -0.2) is 33.6 Å². The summed E-state index contributed by atoms with van der Waals surface area (Å²) >= 11 is 0. The van der Waals surface area contributed by atoms with E-state index in [1.807, 2.05) is 30.0 Å². The van der Waals surface area contributed by atoms with Gasteiger partial charge < -0.3 is 10.6 Å². The first-order chi connectivity index (χ1) is 14.1. The van der Waals surface area contributed by atoms with Crippen molar-refractivity contribution in [2.24, 2.45) is 11.7 Å². The minimum atomic E-state index is -0.443. The van der Waals surface area contributed by atoms with Crippen LogP contribution in [0, 0.1) is 5.92 Å². The van der Waals surface area contributed by atoms with E-state index in [4.69, 9.17) is 5.73 Å². The number of fused-ring (bicyclic) bond motifs is 1. The topological polar surface area (TPSA) is 75.0 Å². The van der Waals surface area contributed by atoms with Gasteiger partial charge in [-0.15, -0.1) is 0 Å². The maximum Gasteiger partial charge on any atom is 0.240 e. The summed E-state index contributed by atoms with van der Waals surface area (Å²) in [6.07, 6.45) is 1.68. The maximum atomic E-state index is 12.8. The van der Waals surface area contributed by atoms with Gasteiger partial charge in [0.2, 0.25) is 5.91 Å².